The summed E-state index contributed by atoms with van der Waals surface area (Å²) in [6.07, 6.45) is 5.83. The molecular weight excluding hydrogens is 306 g/mol. The van der Waals surface area contributed by atoms with E-state index in [1.165, 1.54) is 0 Å². The highest BCUT2D eigenvalue weighted by Gasteiger charge is 2.35. The molecule has 0 saturated heterocycles. The van der Waals surface area contributed by atoms with Gasteiger partial charge in [-0.05, 0) is 18.9 Å². The van der Waals surface area contributed by atoms with Crippen LogP contribution in [0.15, 0.2) is 28.7 Å². The third-order valence-corrected chi connectivity index (χ3v) is 4.49. The van der Waals surface area contributed by atoms with Gasteiger partial charge >= 0.3 is 5.97 Å². The maximum absolute atomic E-state index is 12.2. The molecule has 1 aliphatic rings. The smallest absolute Gasteiger partial charge is 0.326 e. The molecule has 1 aromatic carbocycles. The fraction of sp³-hybridized carbons (Fsp3) is 0.533. The predicted molar refractivity (Wildman–Crippen MR) is 78.6 cm³/mol. The first-order valence-electron chi connectivity index (χ1n) is 6.81. The minimum absolute atomic E-state index is 0.259. The lowest BCUT2D eigenvalue weighted by Crippen LogP contribution is -2.48. The minimum atomic E-state index is -0.780. The second-order valence-electron chi connectivity index (χ2n) is 5.24. The molecule has 2 rings (SSSR count). The van der Waals surface area contributed by atoms with Crippen LogP contribution in [0, 0.1) is 0 Å². The van der Waals surface area contributed by atoms with Gasteiger partial charge in [0.25, 0.3) is 0 Å². The summed E-state index contributed by atoms with van der Waals surface area (Å²) in [6.45, 7) is 0.277. The quantitative estimate of drug-likeness (QED) is 0.683. The van der Waals surface area contributed by atoms with Crippen LogP contribution in [0.5, 0.6) is 0 Å². The molecule has 0 heterocycles. The van der Waals surface area contributed by atoms with Gasteiger partial charge in [0.05, 0.1) is 0 Å². The van der Waals surface area contributed by atoms with Crippen LogP contribution in [0.4, 0.5) is 0 Å². The third-order valence-electron chi connectivity index (χ3n) is 3.72. The number of benzene rings is 1. The summed E-state index contributed by atoms with van der Waals surface area (Å²) in [5.41, 5.74) is 6.40. The number of hydrogen-bond donors (Lipinski definition) is 1. The van der Waals surface area contributed by atoms with E-state index in [1.807, 2.05) is 24.3 Å². The van der Waals surface area contributed by atoms with E-state index in [0.29, 0.717) is 0 Å². The van der Waals surface area contributed by atoms with E-state index in [-0.39, 0.29) is 12.6 Å². The number of ether oxygens (including phenoxy) is 1. The molecule has 1 saturated carbocycles. The van der Waals surface area contributed by atoms with Gasteiger partial charge in [0.15, 0.2) is 0 Å². The van der Waals surface area contributed by atoms with Crippen LogP contribution < -0.4 is 5.73 Å². The number of halogens is 1. The highest BCUT2D eigenvalue weighted by Crippen LogP contribution is 2.27. The Morgan fingerprint density at radius 3 is 2.47 bits per heavy atom. The van der Waals surface area contributed by atoms with Crippen LogP contribution in [-0.4, -0.2) is 11.5 Å². The van der Waals surface area contributed by atoms with Gasteiger partial charge in [0.2, 0.25) is 0 Å². The van der Waals surface area contributed by atoms with Crippen LogP contribution >= 0.6 is 15.9 Å². The summed E-state index contributed by atoms with van der Waals surface area (Å²) < 4.78 is 6.37. The van der Waals surface area contributed by atoms with E-state index in [4.69, 9.17) is 10.5 Å². The molecule has 0 atom stereocenters. The van der Waals surface area contributed by atoms with Crippen molar-refractivity contribution in [3.8, 4) is 0 Å². The van der Waals surface area contributed by atoms with Crippen molar-refractivity contribution >= 4 is 21.9 Å². The average molecular weight is 326 g/mol. The van der Waals surface area contributed by atoms with Gasteiger partial charge in [0.1, 0.15) is 12.1 Å². The van der Waals surface area contributed by atoms with Crippen LogP contribution in [0.25, 0.3) is 0 Å². The van der Waals surface area contributed by atoms with Crippen LogP contribution in [0.2, 0.25) is 0 Å². The van der Waals surface area contributed by atoms with Crippen molar-refractivity contribution in [2.24, 2.45) is 5.73 Å². The zero-order chi connectivity index (χ0) is 13.7. The number of rotatable bonds is 3. The maximum atomic E-state index is 12.2. The van der Waals surface area contributed by atoms with Gasteiger partial charge in [0, 0.05) is 10.0 Å². The summed E-state index contributed by atoms with van der Waals surface area (Å²) in [4.78, 5) is 12.2. The Balaban J connectivity index is 1.95. The van der Waals surface area contributed by atoms with Crippen molar-refractivity contribution in [2.45, 2.75) is 50.7 Å². The van der Waals surface area contributed by atoms with Gasteiger partial charge in [-0.15, -0.1) is 0 Å². The van der Waals surface area contributed by atoms with E-state index in [2.05, 4.69) is 15.9 Å². The summed E-state index contributed by atoms with van der Waals surface area (Å²) in [5, 5.41) is 0. The number of esters is 1. The molecule has 0 bridgehead atoms. The summed E-state index contributed by atoms with van der Waals surface area (Å²) >= 11 is 3.45. The Bertz CT molecular complexity index is 440. The Morgan fingerprint density at radius 2 is 1.84 bits per heavy atom. The summed E-state index contributed by atoms with van der Waals surface area (Å²) in [7, 11) is 0. The number of carbonyl (C=O) groups is 1. The van der Waals surface area contributed by atoms with E-state index in [0.717, 1.165) is 48.6 Å². The fourth-order valence-electron chi connectivity index (χ4n) is 2.47. The van der Waals surface area contributed by atoms with Gasteiger partial charge in [-0.3, -0.25) is 4.79 Å². The largest absolute Gasteiger partial charge is 0.459 e. The molecule has 3 nitrogen and oxygen atoms in total. The van der Waals surface area contributed by atoms with Crippen molar-refractivity contribution < 1.29 is 9.53 Å². The molecule has 1 aromatic rings. The molecule has 2 N–H and O–H groups in total. The normalized spacial score (nSPS) is 18.6. The highest BCUT2D eigenvalue weighted by molar-refractivity contribution is 9.10. The van der Waals surface area contributed by atoms with E-state index in [9.17, 15) is 4.79 Å². The van der Waals surface area contributed by atoms with Crippen LogP contribution in [0.3, 0.4) is 0 Å². The molecule has 4 heteroatoms. The number of carbonyl (C=O) groups excluding carboxylic acids is 1. The van der Waals surface area contributed by atoms with E-state index >= 15 is 0 Å². The monoisotopic (exact) mass is 325 g/mol. The van der Waals surface area contributed by atoms with Gasteiger partial charge in [-0.25, -0.2) is 0 Å². The first-order chi connectivity index (χ1) is 9.12. The molecule has 0 amide bonds. The van der Waals surface area contributed by atoms with Crippen molar-refractivity contribution in [2.75, 3.05) is 0 Å². The van der Waals surface area contributed by atoms with Crippen molar-refractivity contribution in [3.63, 3.8) is 0 Å². The molecule has 0 aliphatic heterocycles. The molecule has 0 aromatic heterocycles. The maximum Gasteiger partial charge on any atom is 0.326 e. The summed E-state index contributed by atoms with van der Waals surface area (Å²) in [6, 6.07) is 7.74. The molecule has 0 unspecified atom stereocenters. The highest BCUT2D eigenvalue weighted by atomic mass is 79.9. The second-order valence-corrected chi connectivity index (χ2v) is 6.09. The first-order valence-corrected chi connectivity index (χ1v) is 7.61. The number of nitrogens with two attached hydrogens (primary N) is 1. The molecule has 1 fully saturated rings. The Labute approximate surface area is 122 Å². The van der Waals surface area contributed by atoms with Crippen LogP contribution in [-0.2, 0) is 16.1 Å². The molecule has 0 radical (unpaired) electrons. The average Bonchev–Trinajstić information content (AvgIpc) is 2.63. The lowest BCUT2D eigenvalue weighted by molar-refractivity contribution is -0.152. The molecule has 19 heavy (non-hydrogen) atoms. The van der Waals surface area contributed by atoms with Crippen LogP contribution in [0.1, 0.15) is 44.1 Å². The SMILES string of the molecule is NC1(C(=O)OCc2ccccc2Br)CCCCCC1. The van der Waals surface area contributed by atoms with Gasteiger partial charge in [-0.2, -0.15) is 0 Å². The zero-order valence-electron chi connectivity index (χ0n) is 11.0. The standard InChI is InChI=1S/C15H20BrNO2/c16-13-8-4-3-7-12(13)11-19-14(18)15(17)9-5-1-2-6-10-15/h3-4,7-8H,1-2,5-6,9-11,17H2. The topological polar surface area (TPSA) is 52.3 Å². The van der Waals surface area contributed by atoms with Crippen molar-refractivity contribution in [3.05, 3.63) is 34.3 Å². The summed E-state index contributed by atoms with van der Waals surface area (Å²) in [5.74, 6) is -0.259. The van der Waals surface area contributed by atoms with Crippen molar-refractivity contribution in [1.29, 1.82) is 0 Å². The number of hydrogen-bond acceptors (Lipinski definition) is 3. The molecule has 104 valence electrons. The first kappa shape index (κ1) is 14.5. The van der Waals surface area contributed by atoms with Crippen molar-refractivity contribution in [1.82, 2.24) is 0 Å². The Morgan fingerprint density at radius 1 is 1.21 bits per heavy atom. The Hall–Kier alpha value is -0.870. The third kappa shape index (κ3) is 3.80. The lowest BCUT2D eigenvalue weighted by Gasteiger charge is -2.25. The lowest BCUT2D eigenvalue weighted by atomic mass is 9.92. The van der Waals surface area contributed by atoms with E-state index in [1.54, 1.807) is 0 Å². The molecular formula is C15H20BrNO2. The molecule has 0 spiro atoms. The minimum Gasteiger partial charge on any atom is -0.459 e. The second kappa shape index (κ2) is 6.53. The van der Waals surface area contributed by atoms with Gasteiger partial charge in [-0.1, -0.05) is 59.8 Å². The molecule has 1 aliphatic carbocycles. The van der Waals surface area contributed by atoms with Gasteiger partial charge < -0.3 is 10.5 Å². The fourth-order valence-corrected chi connectivity index (χ4v) is 2.87. The Kier molecular flexibility index (Phi) is 4.99. The predicted octanol–water partition coefficient (Wildman–Crippen LogP) is 3.54. The van der Waals surface area contributed by atoms with E-state index < -0.39 is 5.54 Å². The zero-order valence-corrected chi connectivity index (χ0v) is 12.6.